The molecule has 0 bridgehead atoms. The maximum Gasteiger partial charge on any atom is 0.410 e. The largest absolute Gasteiger partial charge is 0.444 e. The van der Waals surface area contributed by atoms with Crippen LogP contribution in [0.1, 0.15) is 44.7 Å². The normalized spacial score (nSPS) is 21.4. The summed E-state index contributed by atoms with van der Waals surface area (Å²) in [6.07, 6.45) is -0.199. The lowest BCUT2D eigenvalue weighted by Crippen LogP contribution is -2.50. The van der Waals surface area contributed by atoms with E-state index in [0.717, 1.165) is 26.2 Å². The number of ether oxygens (including phenoxy) is 1. The van der Waals surface area contributed by atoms with E-state index in [1.54, 1.807) is 0 Å². The average molecular weight is 331 g/mol. The molecule has 1 fully saturated rings. The SMILES string of the molecule is CC1CNCc2cccc(N3CCN(C(=O)OC(C)(C)C)CC3)c21. The number of nitrogens with zero attached hydrogens (tertiary/aromatic N) is 2. The Morgan fingerprint density at radius 3 is 2.58 bits per heavy atom. The first-order valence-electron chi connectivity index (χ1n) is 8.90. The third kappa shape index (κ3) is 3.66. The van der Waals surface area contributed by atoms with Crippen LogP contribution in [0, 0.1) is 0 Å². The smallest absolute Gasteiger partial charge is 0.410 e. The fraction of sp³-hybridized carbons (Fsp3) is 0.632. The molecule has 132 valence electrons. The van der Waals surface area contributed by atoms with Crippen molar-refractivity contribution < 1.29 is 9.53 Å². The summed E-state index contributed by atoms with van der Waals surface area (Å²) in [7, 11) is 0. The zero-order chi connectivity index (χ0) is 17.3. The van der Waals surface area contributed by atoms with Crippen molar-refractivity contribution in [3.63, 3.8) is 0 Å². The Morgan fingerprint density at radius 2 is 1.92 bits per heavy atom. The van der Waals surface area contributed by atoms with Crippen molar-refractivity contribution in [1.29, 1.82) is 0 Å². The maximum atomic E-state index is 12.2. The van der Waals surface area contributed by atoms with Crippen molar-refractivity contribution >= 4 is 11.8 Å². The first kappa shape index (κ1) is 17.1. The van der Waals surface area contributed by atoms with Crippen LogP contribution in [-0.4, -0.2) is 49.3 Å². The number of anilines is 1. The number of carbonyl (C=O) groups is 1. The molecule has 1 atom stereocenters. The predicted molar refractivity (Wildman–Crippen MR) is 96.6 cm³/mol. The molecule has 0 saturated carbocycles. The Balaban J connectivity index is 1.69. The van der Waals surface area contributed by atoms with Gasteiger partial charge < -0.3 is 19.9 Å². The summed E-state index contributed by atoms with van der Waals surface area (Å²) >= 11 is 0. The highest BCUT2D eigenvalue weighted by Gasteiger charge is 2.28. The molecule has 5 heteroatoms. The van der Waals surface area contributed by atoms with Crippen molar-refractivity contribution in [2.24, 2.45) is 0 Å². The number of hydrogen-bond acceptors (Lipinski definition) is 4. The lowest BCUT2D eigenvalue weighted by atomic mass is 9.90. The van der Waals surface area contributed by atoms with Gasteiger partial charge in [-0.25, -0.2) is 4.79 Å². The Kier molecular flexibility index (Phi) is 4.72. The molecule has 1 aromatic carbocycles. The summed E-state index contributed by atoms with van der Waals surface area (Å²) in [4.78, 5) is 16.5. The molecule has 0 radical (unpaired) electrons. The zero-order valence-electron chi connectivity index (χ0n) is 15.3. The minimum atomic E-state index is -0.435. The number of fused-ring (bicyclic) bond motifs is 1. The highest BCUT2D eigenvalue weighted by Crippen LogP contribution is 2.33. The second-order valence-electron chi connectivity index (χ2n) is 7.84. The van der Waals surface area contributed by atoms with Crippen LogP contribution in [0.3, 0.4) is 0 Å². The van der Waals surface area contributed by atoms with Crippen molar-refractivity contribution in [2.75, 3.05) is 37.6 Å². The zero-order valence-corrected chi connectivity index (χ0v) is 15.3. The average Bonchev–Trinajstić information content (AvgIpc) is 2.53. The summed E-state index contributed by atoms with van der Waals surface area (Å²) in [6.45, 7) is 13.1. The van der Waals surface area contributed by atoms with Crippen LogP contribution in [0.4, 0.5) is 10.5 Å². The van der Waals surface area contributed by atoms with Crippen molar-refractivity contribution in [3.8, 4) is 0 Å². The molecule has 1 amide bonds. The minimum absolute atomic E-state index is 0.199. The van der Waals surface area contributed by atoms with Gasteiger partial charge in [0.05, 0.1) is 0 Å². The number of nitrogens with one attached hydrogen (secondary N) is 1. The summed E-state index contributed by atoms with van der Waals surface area (Å²) < 4.78 is 5.49. The summed E-state index contributed by atoms with van der Waals surface area (Å²) in [5, 5.41) is 3.48. The molecular weight excluding hydrogens is 302 g/mol. The Morgan fingerprint density at radius 1 is 1.21 bits per heavy atom. The standard InChI is InChI=1S/C19H29N3O2/c1-14-12-20-13-15-6-5-7-16(17(14)15)21-8-10-22(11-9-21)18(23)24-19(2,3)4/h5-7,14,20H,8-13H2,1-4H3. The van der Waals surface area contributed by atoms with Gasteiger partial charge in [0, 0.05) is 45.0 Å². The maximum absolute atomic E-state index is 12.2. The van der Waals surface area contributed by atoms with Crippen molar-refractivity contribution in [3.05, 3.63) is 29.3 Å². The van der Waals surface area contributed by atoms with Gasteiger partial charge in [-0.2, -0.15) is 0 Å². The van der Waals surface area contributed by atoms with Gasteiger partial charge >= 0.3 is 6.09 Å². The van der Waals surface area contributed by atoms with E-state index in [4.69, 9.17) is 4.74 Å². The molecule has 2 aliphatic rings. The lowest BCUT2D eigenvalue weighted by Gasteiger charge is -2.39. The number of benzene rings is 1. The molecule has 1 saturated heterocycles. The van der Waals surface area contributed by atoms with Gasteiger partial charge in [-0.15, -0.1) is 0 Å². The monoisotopic (exact) mass is 331 g/mol. The number of piperazine rings is 1. The van der Waals surface area contributed by atoms with Gasteiger partial charge in [0.1, 0.15) is 5.60 Å². The van der Waals surface area contributed by atoms with Crippen molar-refractivity contribution in [2.45, 2.75) is 45.8 Å². The first-order valence-corrected chi connectivity index (χ1v) is 8.90. The van der Waals surface area contributed by atoms with E-state index in [9.17, 15) is 4.79 Å². The number of hydrogen-bond donors (Lipinski definition) is 1. The molecule has 24 heavy (non-hydrogen) atoms. The van der Waals surface area contributed by atoms with Gasteiger partial charge in [-0.1, -0.05) is 19.1 Å². The van der Waals surface area contributed by atoms with Gasteiger partial charge in [0.15, 0.2) is 0 Å². The number of amides is 1. The highest BCUT2D eigenvalue weighted by atomic mass is 16.6. The van der Waals surface area contributed by atoms with E-state index >= 15 is 0 Å². The molecule has 3 rings (SSSR count). The molecule has 1 unspecified atom stereocenters. The van der Waals surface area contributed by atoms with E-state index in [-0.39, 0.29) is 6.09 Å². The molecule has 0 aromatic heterocycles. The van der Waals surface area contributed by atoms with Gasteiger partial charge in [0.25, 0.3) is 0 Å². The first-order chi connectivity index (χ1) is 11.3. The molecule has 0 aliphatic carbocycles. The summed E-state index contributed by atoms with van der Waals surface area (Å²) in [5.74, 6) is 0.522. The van der Waals surface area contributed by atoms with E-state index < -0.39 is 5.60 Å². The van der Waals surface area contributed by atoms with Crippen molar-refractivity contribution in [1.82, 2.24) is 10.2 Å². The van der Waals surface area contributed by atoms with Gasteiger partial charge in [-0.05, 0) is 43.9 Å². The lowest BCUT2D eigenvalue weighted by molar-refractivity contribution is 0.0240. The van der Waals surface area contributed by atoms with Gasteiger partial charge in [0.2, 0.25) is 0 Å². The summed E-state index contributed by atoms with van der Waals surface area (Å²) in [6, 6.07) is 6.59. The molecule has 1 aromatic rings. The van der Waals surface area contributed by atoms with E-state index in [1.165, 1.54) is 16.8 Å². The fourth-order valence-electron chi connectivity index (χ4n) is 3.58. The van der Waals surface area contributed by atoms with Gasteiger partial charge in [-0.3, -0.25) is 0 Å². The quantitative estimate of drug-likeness (QED) is 0.859. The third-order valence-corrected chi connectivity index (χ3v) is 4.70. The van der Waals surface area contributed by atoms with Crippen LogP contribution in [0.2, 0.25) is 0 Å². The summed E-state index contributed by atoms with van der Waals surface area (Å²) in [5.41, 5.74) is 3.78. The Labute approximate surface area is 145 Å². The minimum Gasteiger partial charge on any atom is -0.444 e. The predicted octanol–water partition coefficient (Wildman–Crippen LogP) is 2.95. The third-order valence-electron chi connectivity index (χ3n) is 4.70. The van der Waals surface area contributed by atoms with Crippen LogP contribution in [0.25, 0.3) is 0 Å². The molecule has 1 N–H and O–H groups in total. The molecular formula is C19H29N3O2. The van der Waals surface area contributed by atoms with Crippen LogP contribution in [0.5, 0.6) is 0 Å². The molecule has 5 nitrogen and oxygen atoms in total. The number of carbonyl (C=O) groups excluding carboxylic acids is 1. The Hall–Kier alpha value is -1.75. The second-order valence-corrected chi connectivity index (χ2v) is 7.84. The van der Waals surface area contributed by atoms with Crippen LogP contribution < -0.4 is 10.2 Å². The molecule has 0 spiro atoms. The second kappa shape index (κ2) is 6.63. The Bertz CT molecular complexity index is 601. The van der Waals surface area contributed by atoms with E-state index in [1.807, 2.05) is 25.7 Å². The molecule has 2 heterocycles. The van der Waals surface area contributed by atoms with Crippen LogP contribution in [-0.2, 0) is 11.3 Å². The molecule has 2 aliphatic heterocycles. The fourth-order valence-corrected chi connectivity index (χ4v) is 3.58. The van der Waals surface area contributed by atoms with Crippen LogP contribution >= 0.6 is 0 Å². The number of rotatable bonds is 1. The van der Waals surface area contributed by atoms with E-state index in [2.05, 4.69) is 35.3 Å². The van der Waals surface area contributed by atoms with E-state index in [0.29, 0.717) is 19.0 Å². The topological polar surface area (TPSA) is 44.8 Å². The highest BCUT2D eigenvalue weighted by molar-refractivity contribution is 5.69. The van der Waals surface area contributed by atoms with Crippen LogP contribution in [0.15, 0.2) is 18.2 Å².